The van der Waals surface area contributed by atoms with E-state index in [1.165, 1.54) is 0 Å². The van der Waals surface area contributed by atoms with Crippen LogP contribution in [0.15, 0.2) is 24.8 Å². The Morgan fingerprint density at radius 1 is 1.35 bits per heavy atom. The second kappa shape index (κ2) is 11.8. The van der Waals surface area contributed by atoms with Crippen LogP contribution in [-0.2, 0) is 33.1 Å². The summed E-state index contributed by atoms with van der Waals surface area (Å²) < 4.78 is 32.6. The Morgan fingerprint density at radius 3 is 2.31 bits per heavy atom. The molecule has 0 spiro atoms. The van der Waals surface area contributed by atoms with Gasteiger partial charge in [-0.2, -0.15) is 8.42 Å². The number of amides is 1. The van der Waals surface area contributed by atoms with Crippen molar-refractivity contribution in [1.29, 1.82) is 0 Å². The number of esters is 1. The maximum absolute atomic E-state index is 11.9. The van der Waals surface area contributed by atoms with Crippen molar-refractivity contribution in [3.8, 4) is 0 Å². The largest absolute Gasteiger partial charge is 0.461 e. The zero-order valence-electron chi connectivity index (χ0n) is 15.8. The lowest BCUT2D eigenvalue weighted by atomic mass is 10.1. The van der Waals surface area contributed by atoms with Crippen LogP contribution in [0.5, 0.6) is 0 Å². The molecule has 1 atom stereocenters. The van der Waals surface area contributed by atoms with Gasteiger partial charge >= 0.3 is 16.4 Å². The first-order valence-electron chi connectivity index (χ1n) is 7.85. The molecule has 1 fully saturated rings. The Morgan fingerprint density at radius 2 is 1.92 bits per heavy atom. The van der Waals surface area contributed by atoms with Crippen LogP contribution < -0.4 is 0 Å². The first-order valence-corrected chi connectivity index (χ1v) is 9.18. The quantitative estimate of drug-likeness (QED) is 0.312. The summed E-state index contributed by atoms with van der Waals surface area (Å²) in [6.07, 6.45) is 2.41. The lowest BCUT2D eigenvalue weighted by Crippen LogP contribution is -2.31. The predicted molar refractivity (Wildman–Crippen MR) is 96.5 cm³/mol. The fourth-order valence-corrected chi connectivity index (χ4v) is 2.06. The SMILES string of the molecule is C=CC1CCN(CC(=C)C(=O)OCCN(C)C)C1=O.COS(=O)(=O)OC. The van der Waals surface area contributed by atoms with Gasteiger partial charge in [0, 0.05) is 18.7 Å². The highest BCUT2D eigenvalue weighted by Crippen LogP contribution is 2.19. The summed E-state index contributed by atoms with van der Waals surface area (Å²) in [6.45, 7) is 9.20. The van der Waals surface area contributed by atoms with Crippen LogP contribution >= 0.6 is 0 Å². The van der Waals surface area contributed by atoms with Gasteiger partial charge in [-0.3, -0.25) is 13.2 Å². The first kappa shape index (κ1) is 24.2. The molecule has 1 amide bonds. The van der Waals surface area contributed by atoms with Crippen molar-refractivity contribution in [1.82, 2.24) is 9.80 Å². The number of carbonyl (C=O) groups excluding carboxylic acids is 2. The molecule has 9 nitrogen and oxygen atoms in total. The van der Waals surface area contributed by atoms with E-state index >= 15 is 0 Å². The fourth-order valence-electron chi connectivity index (χ4n) is 1.92. The minimum Gasteiger partial charge on any atom is -0.461 e. The van der Waals surface area contributed by atoms with Crippen LogP contribution in [-0.4, -0.2) is 84.7 Å². The van der Waals surface area contributed by atoms with E-state index < -0.39 is 16.4 Å². The molecule has 0 N–H and O–H groups in total. The van der Waals surface area contributed by atoms with Gasteiger partial charge in [0.15, 0.2) is 0 Å². The van der Waals surface area contributed by atoms with Gasteiger partial charge < -0.3 is 14.5 Å². The van der Waals surface area contributed by atoms with E-state index in [1.54, 1.807) is 11.0 Å². The number of nitrogens with zero attached hydrogens (tertiary/aromatic N) is 2. The van der Waals surface area contributed by atoms with Crippen LogP contribution in [0.4, 0.5) is 0 Å². The van der Waals surface area contributed by atoms with Gasteiger partial charge in [0.25, 0.3) is 0 Å². The minimum absolute atomic E-state index is 0.0113. The van der Waals surface area contributed by atoms with Crippen molar-refractivity contribution in [3.63, 3.8) is 0 Å². The van der Waals surface area contributed by atoms with Gasteiger partial charge in [0.2, 0.25) is 5.91 Å². The van der Waals surface area contributed by atoms with E-state index in [0.29, 0.717) is 25.3 Å². The molecule has 0 saturated carbocycles. The molecule has 0 aromatic heterocycles. The van der Waals surface area contributed by atoms with Crippen molar-refractivity contribution < 1.29 is 31.1 Å². The zero-order valence-corrected chi connectivity index (χ0v) is 16.6. The van der Waals surface area contributed by atoms with Gasteiger partial charge in [-0.15, -0.1) is 6.58 Å². The number of hydrogen-bond acceptors (Lipinski definition) is 8. The molecule has 10 heteroatoms. The smallest absolute Gasteiger partial charge is 0.399 e. The number of carbonyl (C=O) groups is 2. The minimum atomic E-state index is -3.66. The Labute approximate surface area is 155 Å². The summed E-state index contributed by atoms with van der Waals surface area (Å²) in [7, 11) is 2.20. The molecule has 1 unspecified atom stereocenters. The highest BCUT2D eigenvalue weighted by Gasteiger charge is 2.30. The Hall–Kier alpha value is -1.75. The molecule has 0 aromatic carbocycles. The third-order valence-corrected chi connectivity index (χ3v) is 4.29. The molecular weight excluding hydrogens is 364 g/mol. The third kappa shape index (κ3) is 9.09. The first-order chi connectivity index (χ1) is 12.1. The van der Waals surface area contributed by atoms with E-state index in [2.05, 4.69) is 21.5 Å². The Bertz CT molecular complexity index is 592. The normalized spacial score (nSPS) is 16.9. The number of hydrogen-bond donors (Lipinski definition) is 0. The highest BCUT2D eigenvalue weighted by atomic mass is 32.3. The van der Waals surface area contributed by atoms with Crippen molar-refractivity contribution in [2.24, 2.45) is 5.92 Å². The number of rotatable bonds is 9. The van der Waals surface area contributed by atoms with E-state index in [4.69, 9.17) is 4.74 Å². The molecule has 0 aliphatic carbocycles. The van der Waals surface area contributed by atoms with Crippen LogP contribution in [0.25, 0.3) is 0 Å². The number of likely N-dealkylation sites (tertiary alicyclic amines) is 1. The molecule has 26 heavy (non-hydrogen) atoms. The van der Waals surface area contributed by atoms with Crippen molar-refractivity contribution in [2.45, 2.75) is 6.42 Å². The summed E-state index contributed by atoms with van der Waals surface area (Å²) in [5, 5.41) is 0. The van der Waals surface area contributed by atoms with Gasteiger partial charge in [-0.05, 0) is 20.5 Å². The summed E-state index contributed by atoms with van der Waals surface area (Å²) in [6, 6.07) is 0. The van der Waals surface area contributed by atoms with Crippen LogP contribution in [0.1, 0.15) is 6.42 Å². The maximum atomic E-state index is 11.9. The molecule has 1 saturated heterocycles. The van der Waals surface area contributed by atoms with E-state index in [-0.39, 0.29) is 18.4 Å². The maximum Gasteiger partial charge on any atom is 0.399 e. The van der Waals surface area contributed by atoms with Crippen LogP contribution in [0.3, 0.4) is 0 Å². The third-order valence-electron chi connectivity index (χ3n) is 3.47. The van der Waals surface area contributed by atoms with Gasteiger partial charge in [0.05, 0.1) is 26.7 Å². The second-order valence-electron chi connectivity index (χ2n) is 5.67. The Balaban J connectivity index is 0.000000758. The molecule has 0 radical (unpaired) electrons. The molecule has 0 aromatic rings. The van der Waals surface area contributed by atoms with E-state index in [1.807, 2.05) is 19.0 Å². The van der Waals surface area contributed by atoms with Gasteiger partial charge in [-0.25, -0.2) is 4.79 Å². The predicted octanol–water partition coefficient (Wildman–Crippen LogP) is 0.206. The average Bonchev–Trinajstić information content (AvgIpc) is 2.94. The molecule has 1 aliphatic heterocycles. The Kier molecular flexibility index (Phi) is 11.0. The molecule has 1 heterocycles. The molecule has 150 valence electrons. The standard InChI is InChI=1S/C14H22N2O3.C2H6O4S/c1-5-12-6-7-16(13(12)17)10-11(2)14(18)19-9-8-15(3)4;1-5-7(3,4)6-2/h5,12H,1-2,6-10H2,3-4H3;1-2H3. The lowest BCUT2D eigenvalue weighted by molar-refractivity contribution is -0.139. The monoisotopic (exact) mass is 392 g/mol. The second-order valence-corrected chi connectivity index (χ2v) is 7.16. The number of ether oxygens (including phenoxy) is 1. The van der Waals surface area contributed by atoms with Crippen molar-refractivity contribution in [2.75, 3.05) is 54.6 Å². The number of likely N-dealkylation sites (N-methyl/N-ethyl adjacent to an activating group) is 1. The van der Waals surface area contributed by atoms with Gasteiger partial charge in [-0.1, -0.05) is 12.7 Å². The topological polar surface area (TPSA) is 102 Å². The average molecular weight is 392 g/mol. The van der Waals surface area contributed by atoms with Crippen molar-refractivity contribution in [3.05, 3.63) is 24.8 Å². The highest BCUT2D eigenvalue weighted by molar-refractivity contribution is 7.81. The molecule has 1 rings (SSSR count). The van der Waals surface area contributed by atoms with Crippen molar-refractivity contribution >= 4 is 22.3 Å². The fraction of sp³-hybridized carbons (Fsp3) is 0.625. The summed E-state index contributed by atoms with van der Waals surface area (Å²) in [4.78, 5) is 27.1. The van der Waals surface area contributed by atoms with Crippen LogP contribution in [0, 0.1) is 5.92 Å². The summed E-state index contributed by atoms with van der Waals surface area (Å²) in [5.74, 6) is -0.550. The molecule has 0 bridgehead atoms. The summed E-state index contributed by atoms with van der Waals surface area (Å²) in [5.41, 5.74) is 0.316. The lowest BCUT2D eigenvalue weighted by Gasteiger charge is -2.17. The molecular formula is C16H28N2O7S. The van der Waals surface area contributed by atoms with E-state index in [9.17, 15) is 18.0 Å². The molecule has 1 aliphatic rings. The van der Waals surface area contributed by atoms with Crippen LogP contribution in [0.2, 0.25) is 0 Å². The zero-order chi connectivity index (χ0) is 20.3. The van der Waals surface area contributed by atoms with E-state index in [0.717, 1.165) is 20.6 Å². The van der Waals surface area contributed by atoms with Gasteiger partial charge in [0.1, 0.15) is 6.61 Å². The summed E-state index contributed by atoms with van der Waals surface area (Å²) >= 11 is 0.